The summed E-state index contributed by atoms with van der Waals surface area (Å²) in [4.78, 5) is 10.9. The van der Waals surface area contributed by atoms with Gasteiger partial charge < -0.3 is 5.32 Å². The molecule has 0 spiro atoms. The third-order valence-corrected chi connectivity index (χ3v) is 2.61. The first-order valence-corrected chi connectivity index (χ1v) is 5.23. The second kappa shape index (κ2) is 4.47. The van der Waals surface area contributed by atoms with E-state index in [1.54, 1.807) is 6.92 Å². The van der Waals surface area contributed by atoms with Gasteiger partial charge in [-0.1, -0.05) is 43.7 Å². The quantitative estimate of drug-likeness (QED) is 0.806. The lowest BCUT2D eigenvalue weighted by molar-refractivity contribution is -0.119. The summed E-state index contributed by atoms with van der Waals surface area (Å²) in [6.07, 6.45) is 0. The Morgan fingerprint density at radius 2 is 1.80 bits per heavy atom. The van der Waals surface area contributed by atoms with Gasteiger partial charge in [-0.25, -0.2) is 0 Å². The summed E-state index contributed by atoms with van der Waals surface area (Å²) >= 11 is 0. The molecule has 0 aliphatic carbocycles. The van der Waals surface area contributed by atoms with Crippen LogP contribution in [0.25, 0.3) is 0 Å². The Morgan fingerprint density at radius 1 is 1.27 bits per heavy atom. The van der Waals surface area contributed by atoms with Crippen LogP contribution in [-0.2, 0) is 10.2 Å². The van der Waals surface area contributed by atoms with Crippen molar-refractivity contribution >= 4 is 5.91 Å². The molecule has 0 saturated carbocycles. The summed E-state index contributed by atoms with van der Waals surface area (Å²) in [6.45, 7) is 8.56. The van der Waals surface area contributed by atoms with E-state index in [4.69, 9.17) is 0 Å². The molecule has 1 aromatic rings. The fourth-order valence-electron chi connectivity index (χ4n) is 1.45. The number of carbonyl (C=O) groups excluding carboxylic acids is 1. The molecule has 82 valence electrons. The Morgan fingerprint density at radius 3 is 2.27 bits per heavy atom. The van der Waals surface area contributed by atoms with Crippen molar-refractivity contribution in [1.82, 2.24) is 5.32 Å². The lowest BCUT2D eigenvalue weighted by atomic mass is 9.84. The number of carbonyl (C=O) groups is 1. The van der Waals surface area contributed by atoms with Crippen LogP contribution in [0.5, 0.6) is 0 Å². The summed E-state index contributed by atoms with van der Waals surface area (Å²) in [5.74, 6) is 0.0233. The molecule has 0 fully saturated rings. The van der Waals surface area contributed by atoms with Crippen LogP contribution >= 0.6 is 0 Å². The molecule has 2 heteroatoms. The molecule has 0 atom stereocenters. The topological polar surface area (TPSA) is 29.1 Å². The molecule has 1 N–H and O–H groups in total. The molecule has 15 heavy (non-hydrogen) atoms. The van der Waals surface area contributed by atoms with Crippen molar-refractivity contribution < 1.29 is 4.79 Å². The number of hydrogen-bond acceptors (Lipinski definition) is 1. The Labute approximate surface area is 91.7 Å². The molecule has 1 aromatic carbocycles. The minimum Gasteiger partial charge on any atom is -0.355 e. The van der Waals surface area contributed by atoms with Crippen LogP contribution in [0.2, 0.25) is 0 Å². The number of benzene rings is 1. The third-order valence-electron chi connectivity index (χ3n) is 2.61. The Bertz CT molecular complexity index is 338. The van der Waals surface area contributed by atoms with E-state index in [0.29, 0.717) is 6.54 Å². The second-order valence-corrected chi connectivity index (χ2v) is 4.66. The van der Waals surface area contributed by atoms with Crippen LogP contribution in [-0.4, -0.2) is 12.5 Å². The van der Waals surface area contributed by atoms with Gasteiger partial charge in [-0.2, -0.15) is 0 Å². The van der Waals surface area contributed by atoms with E-state index in [1.165, 1.54) is 11.1 Å². The van der Waals surface area contributed by atoms with Crippen LogP contribution in [0.4, 0.5) is 0 Å². The van der Waals surface area contributed by atoms with Crippen molar-refractivity contribution in [2.75, 3.05) is 6.54 Å². The fraction of sp³-hybridized carbons (Fsp3) is 0.462. The highest BCUT2D eigenvalue weighted by atomic mass is 16.1. The standard InChI is InChI=1S/C13H19NO/c1-10-5-7-12(8-6-10)13(3,4)9-14-11(2)15/h5-8H,9H2,1-4H3,(H,14,15). The molecule has 0 aliphatic heterocycles. The van der Waals surface area contributed by atoms with Gasteiger partial charge in [0.15, 0.2) is 0 Å². The minimum atomic E-state index is -0.0145. The van der Waals surface area contributed by atoms with Gasteiger partial charge in [0.2, 0.25) is 5.91 Å². The highest BCUT2D eigenvalue weighted by Crippen LogP contribution is 2.22. The van der Waals surface area contributed by atoms with Crippen LogP contribution < -0.4 is 5.32 Å². The SMILES string of the molecule is CC(=O)NCC(C)(C)c1ccc(C)cc1. The first-order valence-electron chi connectivity index (χ1n) is 5.23. The van der Waals surface area contributed by atoms with Crippen molar-refractivity contribution in [3.63, 3.8) is 0 Å². The predicted octanol–water partition coefficient (Wildman–Crippen LogP) is 2.41. The zero-order chi connectivity index (χ0) is 11.5. The summed E-state index contributed by atoms with van der Waals surface area (Å²) in [5, 5.41) is 2.86. The molecular weight excluding hydrogens is 186 g/mol. The van der Waals surface area contributed by atoms with Crippen molar-refractivity contribution in [2.24, 2.45) is 0 Å². The number of hydrogen-bond donors (Lipinski definition) is 1. The molecule has 0 unspecified atom stereocenters. The molecule has 2 nitrogen and oxygen atoms in total. The molecule has 0 saturated heterocycles. The zero-order valence-electron chi connectivity index (χ0n) is 9.92. The van der Waals surface area contributed by atoms with E-state index in [-0.39, 0.29) is 11.3 Å². The van der Waals surface area contributed by atoms with Crippen molar-refractivity contribution in [1.29, 1.82) is 0 Å². The van der Waals surface area contributed by atoms with Crippen molar-refractivity contribution in [3.8, 4) is 0 Å². The smallest absolute Gasteiger partial charge is 0.216 e. The summed E-state index contributed by atoms with van der Waals surface area (Å²) in [7, 11) is 0. The zero-order valence-corrected chi connectivity index (χ0v) is 9.92. The number of rotatable bonds is 3. The number of aryl methyl sites for hydroxylation is 1. The summed E-state index contributed by atoms with van der Waals surface area (Å²) < 4.78 is 0. The normalized spacial score (nSPS) is 11.2. The molecule has 0 heterocycles. The van der Waals surface area contributed by atoms with Gasteiger partial charge in [0.25, 0.3) is 0 Å². The molecule has 0 aromatic heterocycles. The molecule has 1 rings (SSSR count). The Balaban J connectivity index is 2.76. The molecule has 0 radical (unpaired) electrons. The van der Waals surface area contributed by atoms with Crippen molar-refractivity contribution in [2.45, 2.75) is 33.1 Å². The monoisotopic (exact) mass is 205 g/mol. The third kappa shape index (κ3) is 3.39. The average molecular weight is 205 g/mol. The number of nitrogens with one attached hydrogen (secondary N) is 1. The molecule has 1 amide bonds. The van der Waals surface area contributed by atoms with E-state index in [9.17, 15) is 4.79 Å². The van der Waals surface area contributed by atoms with Crippen LogP contribution in [0, 0.1) is 6.92 Å². The van der Waals surface area contributed by atoms with Gasteiger partial charge in [0.1, 0.15) is 0 Å². The minimum absolute atomic E-state index is 0.0145. The Kier molecular flexibility index (Phi) is 3.51. The molecule has 0 aliphatic rings. The number of amides is 1. The molecule has 0 bridgehead atoms. The Hall–Kier alpha value is -1.31. The first kappa shape index (κ1) is 11.8. The highest BCUT2D eigenvalue weighted by Gasteiger charge is 2.20. The van der Waals surface area contributed by atoms with Gasteiger partial charge >= 0.3 is 0 Å². The van der Waals surface area contributed by atoms with E-state index in [2.05, 4.69) is 50.4 Å². The summed E-state index contributed by atoms with van der Waals surface area (Å²) in [6, 6.07) is 8.45. The van der Waals surface area contributed by atoms with E-state index < -0.39 is 0 Å². The second-order valence-electron chi connectivity index (χ2n) is 4.66. The molecular formula is C13H19NO. The van der Waals surface area contributed by atoms with Crippen LogP contribution in [0.15, 0.2) is 24.3 Å². The fourth-order valence-corrected chi connectivity index (χ4v) is 1.45. The van der Waals surface area contributed by atoms with E-state index in [0.717, 1.165) is 0 Å². The predicted molar refractivity (Wildman–Crippen MR) is 62.9 cm³/mol. The average Bonchev–Trinajstić information content (AvgIpc) is 2.16. The highest BCUT2D eigenvalue weighted by molar-refractivity contribution is 5.72. The maximum absolute atomic E-state index is 10.9. The van der Waals surface area contributed by atoms with Gasteiger partial charge in [0, 0.05) is 18.9 Å². The maximum Gasteiger partial charge on any atom is 0.216 e. The van der Waals surface area contributed by atoms with E-state index in [1.807, 2.05) is 0 Å². The first-order chi connectivity index (χ1) is 6.92. The van der Waals surface area contributed by atoms with Crippen LogP contribution in [0.1, 0.15) is 31.9 Å². The summed E-state index contributed by atoms with van der Waals surface area (Å²) in [5.41, 5.74) is 2.50. The van der Waals surface area contributed by atoms with Crippen LogP contribution in [0.3, 0.4) is 0 Å². The van der Waals surface area contributed by atoms with Gasteiger partial charge in [-0.05, 0) is 12.5 Å². The lowest BCUT2D eigenvalue weighted by Crippen LogP contribution is -2.35. The maximum atomic E-state index is 10.9. The van der Waals surface area contributed by atoms with E-state index >= 15 is 0 Å². The lowest BCUT2D eigenvalue weighted by Gasteiger charge is -2.25. The largest absolute Gasteiger partial charge is 0.355 e. The van der Waals surface area contributed by atoms with Gasteiger partial charge in [-0.3, -0.25) is 4.79 Å². The van der Waals surface area contributed by atoms with Gasteiger partial charge in [-0.15, -0.1) is 0 Å². The van der Waals surface area contributed by atoms with Gasteiger partial charge in [0.05, 0.1) is 0 Å². The van der Waals surface area contributed by atoms with Crippen molar-refractivity contribution in [3.05, 3.63) is 35.4 Å².